The zero-order valence-corrected chi connectivity index (χ0v) is 18.2. The molecule has 4 heterocycles. The second-order valence-electron chi connectivity index (χ2n) is 8.61. The van der Waals surface area contributed by atoms with Gasteiger partial charge in [-0.2, -0.15) is 5.10 Å². The number of nitrogens with zero attached hydrogens (tertiary/aromatic N) is 4. The van der Waals surface area contributed by atoms with Gasteiger partial charge in [-0.15, -0.1) is 0 Å². The summed E-state index contributed by atoms with van der Waals surface area (Å²) in [5, 5.41) is 8.36. The third kappa shape index (κ3) is 3.98. The first-order valence-corrected chi connectivity index (χ1v) is 11.2. The minimum atomic E-state index is -0.100. The van der Waals surface area contributed by atoms with Crippen LogP contribution in [0.5, 0.6) is 0 Å². The number of amides is 2. The van der Waals surface area contributed by atoms with Crippen LogP contribution in [0.3, 0.4) is 0 Å². The van der Waals surface area contributed by atoms with Crippen molar-refractivity contribution in [3.63, 3.8) is 0 Å². The van der Waals surface area contributed by atoms with Gasteiger partial charge in [0.2, 0.25) is 5.91 Å². The van der Waals surface area contributed by atoms with Crippen molar-refractivity contribution in [3.05, 3.63) is 53.9 Å². The molecule has 1 aromatic carbocycles. The predicted octanol–water partition coefficient (Wildman–Crippen LogP) is 3.19. The monoisotopic (exact) mass is 433 g/mol. The van der Waals surface area contributed by atoms with E-state index < -0.39 is 0 Å². The Morgan fingerprint density at radius 1 is 1.09 bits per heavy atom. The van der Waals surface area contributed by atoms with Crippen LogP contribution in [0.4, 0.5) is 5.82 Å². The maximum atomic E-state index is 13.3. The maximum Gasteiger partial charge on any atom is 0.254 e. The number of likely N-dealkylation sites (tertiary alicyclic amines) is 1. The fraction of sp³-hybridized carbons (Fsp3) is 0.417. The minimum absolute atomic E-state index is 0.0169. The molecule has 8 heteroatoms. The summed E-state index contributed by atoms with van der Waals surface area (Å²) in [6, 6.07) is 9.77. The van der Waals surface area contributed by atoms with Crippen molar-refractivity contribution >= 4 is 28.5 Å². The molecule has 0 radical (unpaired) electrons. The summed E-state index contributed by atoms with van der Waals surface area (Å²) in [7, 11) is 0. The number of aryl methyl sites for hydroxylation is 1. The van der Waals surface area contributed by atoms with Crippen molar-refractivity contribution in [1.82, 2.24) is 19.7 Å². The second kappa shape index (κ2) is 8.70. The first-order chi connectivity index (χ1) is 15.6. The largest absolute Gasteiger partial charge is 0.381 e. The number of aromatic nitrogens is 3. The summed E-state index contributed by atoms with van der Waals surface area (Å²) in [6.45, 7) is 4.41. The zero-order valence-electron chi connectivity index (χ0n) is 18.2. The number of pyridine rings is 1. The second-order valence-corrected chi connectivity index (χ2v) is 8.61. The van der Waals surface area contributed by atoms with Crippen molar-refractivity contribution in [3.8, 4) is 0 Å². The third-order valence-corrected chi connectivity index (χ3v) is 6.45. The Labute approximate surface area is 186 Å². The van der Waals surface area contributed by atoms with Crippen LogP contribution in [-0.2, 0) is 9.53 Å². The molecule has 0 bridgehead atoms. The molecule has 2 aliphatic heterocycles. The Balaban J connectivity index is 1.26. The highest BCUT2D eigenvalue weighted by molar-refractivity contribution is 6.06. The highest BCUT2D eigenvalue weighted by Gasteiger charge is 2.29. The van der Waals surface area contributed by atoms with Crippen molar-refractivity contribution in [2.45, 2.75) is 32.2 Å². The lowest BCUT2D eigenvalue weighted by molar-refractivity contribution is -0.119. The van der Waals surface area contributed by atoms with E-state index >= 15 is 0 Å². The number of piperidine rings is 1. The van der Waals surface area contributed by atoms with Crippen LogP contribution in [0.15, 0.2) is 42.7 Å². The topological polar surface area (TPSA) is 89.4 Å². The number of nitrogens with one attached hydrogen (secondary N) is 1. The number of hydrogen-bond donors (Lipinski definition) is 1. The van der Waals surface area contributed by atoms with E-state index in [1.807, 2.05) is 46.8 Å². The van der Waals surface area contributed by atoms with Gasteiger partial charge in [0, 0.05) is 37.3 Å². The van der Waals surface area contributed by atoms with Gasteiger partial charge in [-0.1, -0.05) is 11.6 Å². The molecule has 0 aliphatic carbocycles. The molecule has 3 aromatic rings. The molecule has 2 fully saturated rings. The van der Waals surface area contributed by atoms with Crippen molar-refractivity contribution in [1.29, 1.82) is 0 Å². The predicted molar refractivity (Wildman–Crippen MR) is 120 cm³/mol. The lowest BCUT2D eigenvalue weighted by Gasteiger charge is -2.33. The molecular weight excluding hydrogens is 406 g/mol. The quantitative estimate of drug-likeness (QED) is 0.683. The molecule has 1 atom stereocenters. The Bertz CT molecular complexity index is 1140. The average molecular weight is 434 g/mol. The van der Waals surface area contributed by atoms with Gasteiger partial charge in [0.1, 0.15) is 5.82 Å². The van der Waals surface area contributed by atoms with E-state index in [1.165, 1.54) is 0 Å². The molecule has 2 saturated heterocycles. The molecule has 2 aliphatic rings. The van der Waals surface area contributed by atoms with Crippen molar-refractivity contribution in [2.75, 3.05) is 31.6 Å². The summed E-state index contributed by atoms with van der Waals surface area (Å²) in [5.74, 6) is 0.632. The molecule has 0 unspecified atom stereocenters. The van der Waals surface area contributed by atoms with E-state index in [0.717, 1.165) is 35.7 Å². The number of rotatable bonds is 4. The fourth-order valence-corrected chi connectivity index (χ4v) is 4.60. The summed E-state index contributed by atoms with van der Waals surface area (Å²) in [4.78, 5) is 32.1. The van der Waals surface area contributed by atoms with E-state index in [0.29, 0.717) is 37.7 Å². The van der Waals surface area contributed by atoms with Crippen LogP contribution in [0.2, 0.25) is 0 Å². The van der Waals surface area contributed by atoms with E-state index in [4.69, 9.17) is 4.74 Å². The summed E-state index contributed by atoms with van der Waals surface area (Å²) in [5.41, 5.74) is 2.64. The lowest BCUT2D eigenvalue weighted by Crippen LogP contribution is -2.39. The Kier molecular flexibility index (Phi) is 5.61. The summed E-state index contributed by atoms with van der Waals surface area (Å²) in [6.07, 6.45) is 5.73. The minimum Gasteiger partial charge on any atom is -0.381 e. The normalized spacial score (nSPS) is 19.4. The maximum absolute atomic E-state index is 13.3. The molecule has 0 spiro atoms. The number of carbonyl (C=O) groups excluding carboxylic acids is 2. The zero-order chi connectivity index (χ0) is 22.1. The number of hydrogen-bond acceptors (Lipinski definition) is 5. The van der Waals surface area contributed by atoms with Crippen LogP contribution >= 0.6 is 0 Å². The Morgan fingerprint density at radius 3 is 2.72 bits per heavy atom. The molecule has 8 nitrogen and oxygen atoms in total. The lowest BCUT2D eigenvalue weighted by atomic mass is 10.0. The van der Waals surface area contributed by atoms with Gasteiger partial charge in [-0.3, -0.25) is 14.6 Å². The van der Waals surface area contributed by atoms with Crippen LogP contribution in [0.1, 0.15) is 41.2 Å². The number of anilines is 1. The first-order valence-electron chi connectivity index (χ1n) is 11.2. The number of fused-ring (bicyclic) bond motifs is 1. The Hall–Kier alpha value is -3.26. The van der Waals surface area contributed by atoms with Crippen molar-refractivity contribution < 1.29 is 14.3 Å². The van der Waals surface area contributed by atoms with Gasteiger partial charge in [0.25, 0.3) is 5.91 Å². The molecule has 1 N–H and O–H groups in total. The van der Waals surface area contributed by atoms with E-state index in [-0.39, 0.29) is 23.8 Å². The average Bonchev–Trinajstić information content (AvgIpc) is 3.51. The van der Waals surface area contributed by atoms with Gasteiger partial charge >= 0.3 is 0 Å². The molecule has 5 rings (SSSR count). The van der Waals surface area contributed by atoms with E-state index in [9.17, 15) is 9.59 Å². The van der Waals surface area contributed by atoms with Gasteiger partial charge < -0.3 is 15.0 Å². The molecule has 166 valence electrons. The highest BCUT2D eigenvalue weighted by atomic mass is 16.5. The fourth-order valence-electron chi connectivity index (χ4n) is 4.60. The highest BCUT2D eigenvalue weighted by Crippen LogP contribution is 2.28. The molecular formula is C24H27N5O3. The summed E-state index contributed by atoms with van der Waals surface area (Å²) >= 11 is 0. The van der Waals surface area contributed by atoms with Crippen molar-refractivity contribution in [2.24, 2.45) is 5.92 Å². The van der Waals surface area contributed by atoms with Gasteiger partial charge in [0.15, 0.2) is 0 Å². The number of carbonyl (C=O) groups is 2. The van der Waals surface area contributed by atoms with Crippen LogP contribution in [0.25, 0.3) is 10.9 Å². The van der Waals surface area contributed by atoms with Gasteiger partial charge in [-0.25, -0.2) is 4.68 Å². The van der Waals surface area contributed by atoms with Gasteiger partial charge in [0.05, 0.1) is 35.8 Å². The summed E-state index contributed by atoms with van der Waals surface area (Å²) < 4.78 is 7.21. The van der Waals surface area contributed by atoms with Crippen LogP contribution in [-0.4, -0.2) is 57.8 Å². The first kappa shape index (κ1) is 20.6. The molecule has 32 heavy (non-hydrogen) atoms. The molecule has 2 amide bonds. The van der Waals surface area contributed by atoms with Crippen LogP contribution < -0.4 is 5.32 Å². The Morgan fingerprint density at radius 2 is 1.94 bits per heavy atom. The van der Waals surface area contributed by atoms with E-state index in [1.54, 1.807) is 12.4 Å². The SMILES string of the molecule is Cc1ccc2nccc(C(=O)N3CCC(n4nccc4NC(=O)[C@H]4CCOC4)CC3)c2c1. The van der Waals surface area contributed by atoms with Crippen LogP contribution in [0, 0.1) is 12.8 Å². The standard InChI is InChI=1S/C24H27N5O3/c1-16-2-3-21-20(14-16)19(4-9-25-21)24(31)28-11-6-18(7-12-28)29-22(5-10-26-29)27-23(30)17-8-13-32-15-17/h2-5,9-10,14,17-18H,6-8,11-13,15H2,1H3,(H,27,30)/t17-/m0/s1. The smallest absolute Gasteiger partial charge is 0.254 e. The molecule has 0 saturated carbocycles. The van der Waals surface area contributed by atoms with E-state index in [2.05, 4.69) is 15.4 Å². The molecule has 2 aromatic heterocycles. The number of ether oxygens (including phenoxy) is 1. The van der Waals surface area contributed by atoms with Gasteiger partial charge in [-0.05, 0) is 44.4 Å². The number of benzene rings is 1. The third-order valence-electron chi connectivity index (χ3n) is 6.45.